The molecule has 0 spiro atoms. The van der Waals surface area contributed by atoms with Gasteiger partial charge in [-0.15, -0.1) is 0 Å². The number of para-hydroxylation sites is 3. The largest absolute Gasteiger partial charge is 0.455 e. The molecular weight excluding hydrogens is 789 g/mol. The van der Waals surface area contributed by atoms with Gasteiger partial charge in [-0.2, -0.15) is 0 Å². The summed E-state index contributed by atoms with van der Waals surface area (Å²) in [6.45, 7) is 0. The molecule has 0 aliphatic heterocycles. The zero-order chi connectivity index (χ0) is 42.8. The second-order valence-corrected chi connectivity index (χ2v) is 16.9. The topological polar surface area (TPSA) is 21.3 Å². The van der Waals surface area contributed by atoms with Gasteiger partial charge in [-0.1, -0.05) is 170 Å². The van der Waals surface area contributed by atoms with Crippen LogP contribution in [0.3, 0.4) is 0 Å². The third-order valence-corrected chi connectivity index (χ3v) is 13.2. The summed E-state index contributed by atoms with van der Waals surface area (Å²) in [5.41, 5.74) is 15.4. The number of rotatable bonds is 7. The maximum Gasteiger partial charge on any atom is 0.143 e. The van der Waals surface area contributed by atoms with Gasteiger partial charge in [-0.25, -0.2) is 0 Å². The van der Waals surface area contributed by atoms with Crippen molar-refractivity contribution in [2.24, 2.45) is 0 Å². The summed E-state index contributed by atoms with van der Waals surface area (Å²) in [5.74, 6) is 0. The van der Waals surface area contributed by atoms with E-state index in [-0.39, 0.29) is 0 Å². The van der Waals surface area contributed by atoms with Gasteiger partial charge in [-0.05, 0) is 117 Å². The van der Waals surface area contributed by atoms with Crippen molar-refractivity contribution in [2.75, 3.05) is 4.90 Å². The minimum absolute atomic E-state index is 0.898. The molecule has 2 aromatic heterocycles. The van der Waals surface area contributed by atoms with E-state index in [1.165, 1.54) is 49.1 Å². The van der Waals surface area contributed by atoms with Gasteiger partial charge >= 0.3 is 0 Å². The summed E-state index contributed by atoms with van der Waals surface area (Å²) in [5, 5.41) is 9.55. The predicted molar refractivity (Wildman–Crippen MR) is 274 cm³/mol. The maximum atomic E-state index is 6.82. The van der Waals surface area contributed by atoms with Crippen molar-refractivity contribution in [1.82, 2.24) is 4.57 Å². The summed E-state index contributed by atoms with van der Waals surface area (Å²) < 4.78 is 9.20. The van der Waals surface area contributed by atoms with Gasteiger partial charge in [0.25, 0.3) is 0 Å². The van der Waals surface area contributed by atoms with Crippen molar-refractivity contribution in [3.05, 3.63) is 243 Å². The molecule has 0 radical (unpaired) electrons. The quantitative estimate of drug-likeness (QED) is 0.160. The molecule has 0 bridgehead atoms. The van der Waals surface area contributed by atoms with Crippen LogP contribution in [0.15, 0.2) is 247 Å². The zero-order valence-corrected chi connectivity index (χ0v) is 35.4. The molecule has 0 unspecified atom stereocenters. The standard InChI is InChI=1S/C62H40N2O/c1-2-14-45-38-47(27-26-41(45)12-1)43-30-35-50(36-31-43)63(51-17-10-16-48(40-51)54-22-11-23-57-58-37-32-44-13-3-4-19-53(44)61(58)65-62(54)57)49-33-28-42(29-34-49)46-15-9-18-52(39-46)64-59-24-7-5-20-55(59)56-21-6-8-25-60(56)64/h1-40H. The highest BCUT2D eigenvalue weighted by Crippen LogP contribution is 2.43. The Hall–Kier alpha value is -8.66. The van der Waals surface area contributed by atoms with Crippen LogP contribution in [0.1, 0.15) is 0 Å². The SMILES string of the molecule is c1cc(-c2cccc3c2oc2c4ccccc4ccc32)cc(N(c2ccc(-c3cccc(-n4c5ccccc5c5ccccc54)c3)cc2)c2ccc(-c3ccc4ccccc4c3)cc2)c1. The highest BCUT2D eigenvalue weighted by atomic mass is 16.3. The van der Waals surface area contributed by atoms with Crippen molar-refractivity contribution in [1.29, 1.82) is 0 Å². The minimum Gasteiger partial charge on any atom is -0.455 e. The smallest absolute Gasteiger partial charge is 0.143 e. The molecule has 0 amide bonds. The van der Waals surface area contributed by atoms with Crippen molar-refractivity contribution >= 4 is 82.4 Å². The number of fused-ring (bicyclic) bond motifs is 9. The van der Waals surface area contributed by atoms with Crippen molar-refractivity contribution in [3.63, 3.8) is 0 Å². The van der Waals surface area contributed by atoms with Crippen LogP contribution < -0.4 is 4.90 Å². The van der Waals surface area contributed by atoms with Gasteiger partial charge in [0.1, 0.15) is 11.2 Å². The fourth-order valence-corrected chi connectivity index (χ4v) is 10.0. The summed E-state index contributed by atoms with van der Waals surface area (Å²) >= 11 is 0. The van der Waals surface area contributed by atoms with E-state index in [0.717, 1.165) is 72.3 Å². The Labute approximate surface area is 376 Å². The first-order valence-corrected chi connectivity index (χ1v) is 22.2. The van der Waals surface area contributed by atoms with Crippen LogP contribution in [0.2, 0.25) is 0 Å². The normalized spacial score (nSPS) is 11.7. The van der Waals surface area contributed by atoms with Crippen LogP contribution >= 0.6 is 0 Å². The molecule has 0 saturated heterocycles. The third-order valence-electron chi connectivity index (χ3n) is 13.2. The van der Waals surface area contributed by atoms with Crippen LogP contribution in [-0.2, 0) is 0 Å². The molecule has 0 saturated carbocycles. The molecule has 0 atom stereocenters. The average Bonchev–Trinajstić information content (AvgIpc) is 3.93. The van der Waals surface area contributed by atoms with Crippen LogP contribution in [0.4, 0.5) is 17.1 Å². The lowest BCUT2D eigenvalue weighted by atomic mass is 9.99. The molecule has 3 heteroatoms. The lowest BCUT2D eigenvalue weighted by Gasteiger charge is -2.26. The van der Waals surface area contributed by atoms with Gasteiger partial charge in [0, 0.05) is 55.2 Å². The summed E-state index contributed by atoms with van der Waals surface area (Å²) in [6, 6.07) is 87.7. The minimum atomic E-state index is 0.898. The summed E-state index contributed by atoms with van der Waals surface area (Å²) in [4.78, 5) is 2.36. The molecule has 0 N–H and O–H groups in total. The fraction of sp³-hybridized carbons (Fsp3) is 0. The Morgan fingerprint density at radius 2 is 0.831 bits per heavy atom. The van der Waals surface area contributed by atoms with E-state index < -0.39 is 0 Å². The molecule has 0 aliphatic rings. The van der Waals surface area contributed by atoms with Gasteiger partial charge in [0.15, 0.2) is 0 Å². The van der Waals surface area contributed by atoms with Gasteiger partial charge < -0.3 is 13.9 Å². The van der Waals surface area contributed by atoms with Gasteiger partial charge in [0.2, 0.25) is 0 Å². The fourth-order valence-electron chi connectivity index (χ4n) is 10.0. The Balaban J connectivity index is 0.914. The third kappa shape index (κ3) is 6.20. The summed E-state index contributed by atoms with van der Waals surface area (Å²) in [7, 11) is 0. The molecule has 2 heterocycles. The number of furan rings is 1. The van der Waals surface area contributed by atoms with E-state index in [4.69, 9.17) is 4.42 Å². The molecule has 65 heavy (non-hydrogen) atoms. The first-order valence-electron chi connectivity index (χ1n) is 22.2. The molecule has 3 nitrogen and oxygen atoms in total. The maximum absolute atomic E-state index is 6.82. The first-order chi connectivity index (χ1) is 32.2. The Kier molecular flexibility index (Phi) is 8.53. The molecule has 13 rings (SSSR count). The number of aromatic nitrogens is 1. The second kappa shape index (κ2) is 15.0. The van der Waals surface area contributed by atoms with Crippen molar-refractivity contribution in [3.8, 4) is 39.1 Å². The van der Waals surface area contributed by atoms with Crippen molar-refractivity contribution in [2.45, 2.75) is 0 Å². The molecular formula is C62H40N2O. The van der Waals surface area contributed by atoms with E-state index in [0.29, 0.717) is 0 Å². The van der Waals surface area contributed by atoms with E-state index in [1.54, 1.807) is 0 Å². The van der Waals surface area contributed by atoms with E-state index in [9.17, 15) is 0 Å². The summed E-state index contributed by atoms with van der Waals surface area (Å²) in [6.07, 6.45) is 0. The van der Waals surface area contributed by atoms with Crippen LogP contribution in [0, 0.1) is 0 Å². The number of nitrogens with zero attached hydrogens (tertiary/aromatic N) is 2. The van der Waals surface area contributed by atoms with Crippen LogP contribution in [-0.4, -0.2) is 4.57 Å². The molecule has 0 aliphatic carbocycles. The van der Waals surface area contributed by atoms with Gasteiger partial charge in [-0.3, -0.25) is 0 Å². The molecule has 13 aromatic rings. The zero-order valence-electron chi connectivity index (χ0n) is 35.4. The Morgan fingerprint density at radius 1 is 0.292 bits per heavy atom. The Bertz CT molecular complexity index is 3900. The van der Waals surface area contributed by atoms with E-state index >= 15 is 0 Å². The van der Waals surface area contributed by atoms with Crippen molar-refractivity contribution < 1.29 is 4.42 Å². The second-order valence-electron chi connectivity index (χ2n) is 16.9. The first kappa shape index (κ1) is 36.9. The highest BCUT2D eigenvalue weighted by Gasteiger charge is 2.19. The number of hydrogen-bond acceptors (Lipinski definition) is 2. The molecule has 0 fully saturated rings. The van der Waals surface area contributed by atoms with Crippen LogP contribution in [0.25, 0.3) is 104 Å². The number of hydrogen-bond donors (Lipinski definition) is 0. The number of benzene rings is 11. The molecule has 304 valence electrons. The Morgan fingerprint density at radius 3 is 1.57 bits per heavy atom. The van der Waals surface area contributed by atoms with E-state index in [1.807, 2.05) is 0 Å². The highest BCUT2D eigenvalue weighted by molar-refractivity contribution is 6.17. The molecule has 11 aromatic carbocycles. The van der Waals surface area contributed by atoms with Gasteiger partial charge in [0.05, 0.1) is 11.0 Å². The monoisotopic (exact) mass is 828 g/mol. The number of anilines is 3. The lowest BCUT2D eigenvalue weighted by Crippen LogP contribution is -2.10. The van der Waals surface area contributed by atoms with E-state index in [2.05, 4.69) is 252 Å². The average molecular weight is 829 g/mol. The lowest BCUT2D eigenvalue weighted by molar-refractivity contribution is 0.674. The van der Waals surface area contributed by atoms with Crippen LogP contribution in [0.5, 0.6) is 0 Å². The predicted octanol–water partition coefficient (Wildman–Crippen LogP) is 17.5.